The molecule has 0 unspecified atom stereocenters. The molecule has 0 N–H and O–H groups in total. The largest absolute Gasteiger partial charge is 0.381 e. The van der Waals surface area contributed by atoms with Crippen molar-refractivity contribution in [2.24, 2.45) is 11.3 Å². The van der Waals surface area contributed by atoms with Gasteiger partial charge < -0.3 is 9.47 Å². The first kappa shape index (κ1) is 22.9. The number of hydrogen-bond donors (Lipinski definition) is 0. The van der Waals surface area contributed by atoms with E-state index in [1.807, 2.05) is 0 Å². The molecule has 0 aromatic carbocycles. The van der Waals surface area contributed by atoms with Crippen LogP contribution >= 0.6 is 0 Å². The molecule has 0 amide bonds. The summed E-state index contributed by atoms with van der Waals surface area (Å²) in [5.74, 6) is 0.494. The molecular formula is C21H44O2. The van der Waals surface area contributed by atoms with Gasteiger partial charge in [0.2, 0.25) is 0 Å². The van der Waals surface area contributed by atoms with Gasteiger partial charge >= 0.3 is 0 Å². The molecule has 0 heterocycles. The third-order valence-electron chi connectivity index (χ3n) is 4.65. The van der Waals surface area contributed by atoms with Crippen LogP contribution in [0.3, 0.4) is 0 Å². The highest BCUT2D eigenvalue weighted by Gasteiger charge is 2.24. The van der Waals surface area contributed by atoms with Gasteiger partial charge in [-0.1, -0.05) is 86.0 Å². The fourth-order valence-electron chi connectivity index (χ4n) is 2.61. The van der Waals surface area contributed by atoms with Crippen molar-refractivity contribution in [3.05, 3.63) is 0 Å². The van der Waals surface area contributed by atoms with E-state index in [0.717, 1.165) is 26.4 Å². The first-order valence-electron chi connectivity index (χ1n) is 10.2. The van der Waals surface area contributed by atoms with Crippen LogP contribution in [0.25, 0.3) is 0 Å². The lowest BCUT2D eigenvalue weighted by Crippen LogP contribution is -2.30. The van der Waals surface area contributed by atoms with Crippen molar-refractivity contribution in [2.45, 2.75) is 98.8 Å². The van der Waals surface area contributed by atoms with Gasteiger partial charge in [0, 0.05) is 19.1 Å². The molecule has 0 aromatic heterocycles. The van der Waals surface area contributed by atoms with Gasteiger partial charge in [-0.15, -0.1) is 0 Å². The average molecular weight is 329 g/mol. The summed E-state index contributed by atoms with van der Waals surface area (Å²) in [6.45, 7) is 14.9. The molecule has 0 spiro atoms. The van der Waals surface area contributed by atoms with Crippen LogP contribution in [0.2, 0.25) is 0 Å². The van der Waals surface area contributed by atoms with Gasteiger partial charge in [0.25, 0.3) is 0 Å². The van der Waals surface area contributed by atoms with E-state index >= 15 is 0 Å². The molecule has 0 fully saturated rings. The van der Waals surface area contributed by atoms with Gasteiger partial charge in [-0.3, -0.25) is 0 Å². The van der Waals surface area contributed by atoms with Crippen LogP contribution in [0.1, 0.15) is 98.8 Å². The Labute approximate surface area is 146 Å². The van der Waals surface area contributed by atoms with Gasteiger partial charge in [0.1, 0.15) is 0 Å². The summed E-state index contributed by atoms with van der Waals surface area (Å²) >= 11 is 0. The van der Waals surface area contributed by atoms with Crippen LogP contribution < -0.4 is 0 Å². The number of rotatable bonds is 16. The maximum Gasteiger partial charge on any atom is 0.0521 e. The highest BCUT2D eigenvalue weighted by molar-refractivity contribution is 4.73. The molecule has 0 saturated carbocycles. The van der Waals surface area contributed by atoms with Crippen molar-refractivity contribution in [1.29, 1.82) is 0 Å². The van der Waals surface area contributed by atoms with Crippen LogP contribution in [0.4, 0.5) is 0 Å². The first-order chi connectivity index (χ1) is 11.0. The van der Waals surface area contributed by atoms with Crippen molar-refractivity contribution >= 4 is 0 Å². The Hall–Kier alpha value is -0.0800. The second kappa shape index (κ2) is 15.4. The predicted octanol–water partition coefficient (Wildman–Crippen LogP) is 6.62. The summed E-state index contributed by atoms with van der Waals surface area (Å²) in [4.78, 5) is 0. The molecule has 0 saturated heterocycles. The van der Waals surface area contributed by atoms with Crippen LogP contribution in [-0.2, 0) is 9.47 Å². The Morgan fingerprint density at radius 2 is 1.00 bits per heavy atom. The quantitative estimate of drug-likeness (QED) is 0.296. The highest BCUT2D eigenvalue weighted by Crippen LogP contribution is 2.26. The first-order valence-corrected chi connectivity index (χ1v) is 10.2. The summed E-state index contributed by atoms with van der Waals surface area (Å²) in [6, 6.07) is 0. The van der Waals surface area contributed by atoms with Crippen LogP contribution in [0.5, 0.6) is 0 Å². The maximum atomic E-state index is 5.93. The fraction of sp³-hybridized carbons (Fsp3) is 1.00. The summed E-state index contributed by atoms with van der Waals surface area (Å²) < 4.78 is 11.9. The topological polar surface area (TPSA) is 18.5 Å². The van der Waals surface area contributed by atoms with Gasteiger partial charge in [-0.05, 0) is 18.3 Å². The normalized spacial score (nSPS) is 12.3. The van der Waals surface area contributed by atoms with Crippen molar-refractivity contribution in [3.8, 4) is 0 Å². The van der Waals surface area contributed by atoms with E-state index in [1.54, 1.807) is 0 Å². The summed E-state index contributed by atoms with van der Waals surface area (Å²) in [5.41, 5.74) is 0.254. The van der Waals surface area contributed by atoms with E-state index in [0.29, 0.717) is 5.92 Å². The Balaban J connectivity index is 3.70. The van der Waals surface area contributed by atoms with Crippen LogP contribution in [-0.4, -0.2) is 26.4 Å². The molecule has 140 valence electrons. The highest BCUT2D eigenvalue weighted by atomic mass is 16.5. The van der Waals surface area contributed by atoms with Gasteiger partial charge in [0.05, 0.1) is 13.2 Å². The standard InChI is InChI=1S/C21H44O2/c1-6-8-10-12-14-16-22-18-20(21(3,4)5)19-23-17-15-13-11-9-7-2/h20H,6-19H2,1-5H3. The lowest BCUT2D eigenvalue weighted by Gasteiger charge is -2.30. The summed E-state index contributed by atoms with van der Waals surface area (Å²) in [5, 5.41) is 0. The zero-order valence-corrected chi connectivity index (χ0v) is 16.8. The van der Waals surface area contributed by atoms with E-state index in [1.165, 1.54) is 64.2 Å². The third-order valence-corrected chi connectivity index (χ3v) is 4.65. The van der Waals surface area contributed by atoms with Gasteiger partial charge in [0.15, 0.2) is 0 Å². The minimum atomic E-state index is 0.254. The molecule has 2 heteroatoms. The second-order valence-electron chi connectivity index (χ2n) is 8.04. The molecule has 0 aliphatic carbocycles. The molecule has 0 atom stereocenters. The molecule has 0 radical (unpaired) electrons. The third kappa shape index (κ3) is 15.2. The monoisotopic (exact) mass is 328 g/mol. The zero-order chi connectivity index (χ0) is 17.4. The van der Waals surface area contributed by atoms with E-state index < -0.39 is 0 Å². The Morgan fingerprint density at radius 1 is 0.609 bits per heavy atom. The molecule has 0 aliphatic heterocycles. The molecule has 0 aromatic rings. The van der Waals surface area contributed by atoms with Crippen molar-refractivity contribution in [3.63, 3.8) is 0 Å². The Bertz CT molecular complexity index is 214. The van der Waals surface area contributed by atoms with E-state index in [2.05, 4.69) is 34.6 Å². The van der Waals surface area contributed by atoms with Crippen molar-refractivity contribution in [1.82, 2.24) is 0 Å². The fourth-order valence-corrected chi connectivity index (χ4v) is 2.61. The maximum absolute atomic E-state index is 5.93. The minimum Gasteiger partial charge on any atom is -0.381 e. The lowest BCUT2D eigenvalue weighted by molar-refractivity contribution is -0.00583. The summed E-state index contributed by atoms with van der Waals surface area (Å²) in [6.07, 6.45) is 13.1. The van der Waals surface area contributed by atoms with Gasteiger partial charge in [-0.25, -0.2) is 0 Å². The van der Waals surface area contributed by atoms with Crippen LogP contribution in [0, 0.1) is 11.3 Å². The number of hydrogen-bond acceptors (Lipinski definition) is 2. The number of ether oxygens (including phenoxy) is 2. The molecule has 0 bridgehead atoms. The SMILES string of the molecule is CCCCCCCOCC(COCCCCCCC)C(C)(C)C. The predicted molar refractivity (Wildman–Crippen MR) is 102 cm³/mol. The smallest absolute Gasteiger partial charge is 0.0521 e. The van der Waals surface area contributed by atoms with E-state index in [-0.39, 0.29) is 5.41 Å². The van der Waals surface area contributed by atoms with Crippen molar-refractivity contribution in [2.75, 3.05) is 26.4 Å². The minimum absolute atomic E-state index is 0.254. The van der Waals surface area contributed by atoms with Crippen LogP contribution in [0.15, 0.2) is 0 Å². The molecule has 2 nitrogen and oxygen atoms in total. The Morgan fingerprint density at radius 3 is 1.35 bits per heavy atom. The molecular weight excluding hydrogens is 284 g/mol. The van der Waals surface area contributed by atoms with E-state index in [4.69, 9.17) is 9.47 Å². The molecule has 0 aliphatic rings. The molecule has 0 rings (SSSR count). The lowest BCUT2D eigenvalue weighted by atomic mass is 9.82. The molecule has 23 heavy (non-hydrogen) atoms. The Kier molecular flexibility index (Phi) is 15.4. The average Bonchev–Trinajstić information content (AvgIpc) is 2.50. The number of unbranched alkanes of at least 4 members (excludes halogenated alkanes) is 8. The van der Waals surface area contributed by atoms with E-state index in [9.17, 15) is 0 Å². The van der Waals surface area contributed by atoms with Crippen molar-refractivity contribution < 1.29 is 9.47 Å². The van der Waals surface area contributed by atoms with Gasteiger partial charge in [-0.2, -0.15) is 0 Å². The summed E-state index contributed by atoms with van der Waals surface area (Å²) in [7, 11) is 0. The zero-order valence-electron chi connectivity index (χ0n) is 16.8. The second-order valence-corrected chi connectivity index (χ2v) is 8.04.